The Balaban J connectivity index is 1.77. The molecule has 0 N–H and O–H groups in total. The molecule has 0 radical (unpaired) electrons. The van der Waals surface area contributed by atoms with E-state index >= 15 is 0 Å². The lowest BCUT2D eigenvalue weighted by Gasteiger charge is -2.27. The van der Waals surface area contributed by atoms with Crippen LogP contribution in [0.3, 0.4) is 0 Å². The zero-order valence-electron chi connectivity index (χ0n) is 14.5. The van der Waals surface area contributed by atoms with Crippen LogP contribution in [-0.2, 0) is 11.8 Å². The average Bonchev–Trinajstić information content (AvgIpc) is 2.99. The molecule has 0 aromatic carbocycles. The number of morpholine rings is 1. The van der Waals surface area contributed by atoms with Crippen LogP contribution < -0.4 is 9.64 Å². The van der Waals surface area contributed by atoms with Gasteiger partial charge in [-0.15, -0.1) is 0 Å². The summed E-state index contributed by atoms with van der Waals surface area (Å²) >= 11 is 0. The molecule has 0 saturated carbocycles. The third-order valence-corrected chi connectivity index (χ3v) is 4.36. The van der Waals surface area contributed by atoms with Gasteiger partial charge in [-0.3, -0.25) is 4.68 Å². The van der Waals surface area contributed by atoms with Crippen molar-refractivity contribution in [1.29, 1.82) is 0 Å². The van der Waals surface area contributed by atoms with E-state index < -0.39 is 0 Å². The molecule has 1 fully saturated rings. The van der Waals surface area contributed by atoms with Gasteiger partial charge < -0.3 is 14.4 Å². The Kier molecular flexibility index (Phi) is 4.23. The second-order valence-corrected chi connectivity index (χ2v) is 5.95. The maximum absolute atomic E-state index is 5.55. The second kappa shape index (κ2) is 6.68. The highest BCUT2D eigenvalue weighted by molar-refractivity contribution is 5.93. The molecule has 3 aromatic heterocycles. The molecule has 130 valence electrons. The first-order valence-corrected chi connectivity index (χ1v) is 8.51. The number of hydrogen-bond acceptors (Lipinski definition) is 6. The van der Waals surface area contributed by atoms with Crippen molar-refractivity contribution in [3.05, 3.63) is 30.6 Å². The molecule has 0 unspecified atom stereocenters. The molecule has 0 spiro atoms. The predicted octanol–water partition coefficient (Wildman–Crippen LogP) is 2.27. The van der Waals surface area contributed by atoms with Gasteiger partial charge in [-0.2, -0.15) is 5.10 Å². The number of ether oxygens (including phenoxy) is 2. The molecule has 0 atom stereocenters. The van der Waals surface area contributed by atoms with E-state index in [0.29, 0.717) is 12.5 Å². The monoisotopic (exact) mass is 339 g/mol. The first kappa shape index (κ1) is 15.8. The van der Waals surface area contributed by atoms with Crippen LogP contribution in [0.15, 0.2) is 30.6 Å². The topological polar surface area (TPSA) is 65.3 Å². The van der Waals surface area contributed by atoms with Crippen LogP contribution in [0.4, 0.5) is 5.82 Å². The Bertz CT molecular complexity index is 886. The lowest BCUT2D eigenvalue weighted by atomic mass is 10.1. The molecule has 4 rings (SSSR count). The van der Waals surface area contributed by atoms with Gasteiger partial charge in [0.25, 0.3) is 0 Å². The third-order valence-electron chi connectivity index (χ3n) is 4.36. The highest BCUT2D eigenvalue weighted by atomic mass is 16.5. The number of aromatic nitrogens is 4. The van der Waals surface area contributed by atoms with Crippen molar-refractivity contribution in [2.45, 2.75) is 6.92 Å². The fourth-order valence-electron chi connectivity index (χ4n) is 3.11. The van der Waals surface area contributed by atoms with Crippen LogP contribution in [0, 0.1) is 0 Å². The number of hydrogen-bond donors (Lipinski definition) is 0. The number of aryl methyl sites for hydroxylation is 1. The standard InChI is InChI=1S/C18H21N5O2/c1-3-25-17-11-14-15(12-20-17)22(2)21-18(14)13-4-5-19-16(10-13)23-6-8-24-9-7-23/h4-5,10-12H,3,6-9H2,1-2H3. The van der Waals surface area contributed by atoms with Crippen molar-refractivity contribution in [2.75, 3.05) is 37.8 Å². The summed E-state index contributed by atoms with van der Waals surface area (Å²) in [5, 5.41) is 5.73. The van der Waals surface area contributed by atoms with Gasteiger partial charge >= 0.3 is 0 Å². The van der Waals surface area contributed by atoms with Crippen LogP contribution in [0.5, 0.6) is 5.88 Å². The number of nitrogens with zero attached hydrogens (tertiary/aromatic N) is 5. The molecule has 25 heavy (non-hydrogen) atoms. The van der Waals surface area contributed by atoms with E-state index in [1.165, 1.54) is 0 Å². The van der Waals surface area contributed by atoms with Gasteiger partial charge in [-0.05, 0) is 19.1 Å². The molecule has 4 heterocycles. The zero-order chi connectivity index (χ0) is 17.2. The summed E-state index contributed by atoms with van der Waals surface area (Å²) in [5.74, 6) is 1.57. The summed E-state index contributed by atoms with van der Waals surface area (Å²) < 4.78 is 12.8. The Morgan fingerprint density at radius 3 is 2.84 bits per heavy atom. The predicted molar refractivity (Wildman–Crippen MR) is 95.9 cm³/mol. The van der Waals surface area contributed by atoms with Crippen LogP contribution in [0.25, 0.3) is 22.2 Å². The summed E-state index contributed by atoms with van der Waals surface area (Å²) in [5.41, 5.74) is 2.93. The van der Waals surface area contributed by atoms with Crippen molar-refractivity contribution in [2.24, 2.45) is 7.05 Å². The normalized spacial score (nSPS) is 14.9. The Labute approximate surface area is 146 Å². The van der Waals surface area contributed by atoms with Gasteiger partial charge in [-0.25, -0.2) is 9.97 Å². The van der Waals surface area contributed by atoms with Crippen molar-refractivity contribution >= 4 is 16.7 Å². The van der Waals surface area contributed by atoms with Gasteiger partial charge in [-0.1, -0.05) is 0 Å². The smallest absolute Gasteiger partial charge is 0.213 e. The number of rotatable bonds is 4. The summed E-state index contributed by atoms with van der Waals surface area (Å²) in [6.45, 7) is 5.73. The second-order valence-electron chi connectivity index (χ2n) is 5.95. The maximum Gasteiger partial charge on any atom is 0.213 e. The fourth-order valence-corrected chi connectivity index (χ4v) is 3.11. The summed E-state index contributed by atoms with van der Waals surface area (Å²) in [6, 6.07) is 6.04. The first-order valence-electron chi connectivity index (χ1n) is 8.51. The third kappa shape index (κ3) is 3.02. The summed E-state index contributed by atoms with van der Waals surface area (Å²) in [7, 11) is 1.93. The Morgan fingerprint density at radius 2 is 2.04 bits per heavy atom. The van der Waals surface area contributed by atoms with Crippen molar-refractivity contribution < 1.29 is 9.47 Å². The van der Waals surface area contributed by atoms with E-state index in [9.17, 15) is 0 Å². The van der Waals surface area contributed by atoms with E-state index in [-0.39, 0.29) is 0 Å². The molecule has 7 heteroatoms. The zero-order valence-corrected chi connectivity index (χ0v) is 14.5. The van der Waals surface area contributed by atoms with Crippen molar-refractivity contribution in [1.82, 2.24) is 19.7 Å². The molecular weight excluding hydrogens is 318 g/mol. The minimum Gasteiger partial charge on any atom is -0.478 e. The first-order chi connectivity index (χ1) is 12.3. The highest BCUT2D eigenvalue weighted by Crippen LogP contribution is 2.30. The van der Waals surface area contributed by atoms with Crippen LogP contribution in [0.2, 0.25) is 0 Å². The molecular formula is C18H21N5O2. The van der Waals surface area contributed by atoms with Gasteiger partial charge in [0.05, 0.1) is 31.5 Å². The van der Waals surface area contributed by atoms with E-state index in [2.05, 4.69) is 20.9 Å². The Hall–Kier alpha value is -2.67. The number of fused-ring (bicyclic) bond motifs is 1. The molecule has 3 aromatic rings. The molecule has 7 nitrogen and oxygen atoms in total. The van der Waals surface area contributed by atoms with Crippen LogP contribution in [0.1, 0.15) is 6.92 Å². The van der Waals surface area contributed by atoms with E-state index in [0.717, 1.165) is 54.3 Å². The quantitative estimate of drug-likeness (QED) is 0.726. The maximum atomic E-state index is 5.55. The Morgan fingerprint density at radius 1 is 1.20 bits per heavy atom. The molecule has 1 aliphatic heterocycles. The minimum atomic E-state index is 0.588. The summed E-state index contributed by atoms with van der Waals surface area (Å²) in [4.78, 5) is 11.1. The van der Waals surface area contributed by atoms with Crippen LogP contribution >= 0.6 is 0 Å². The fraction of sp³-hybridized carbons (Fsp3) is 0.389. The largest absolute Gasteiger partial charge is 0.478 e. The average molecular weight is 339 g/mol. The molecule has 1 saturated heterocycles. The van der Waals surface area contributed by atoms with Crippen molar-refractivity contribution in [3.63, 3.8) is 0 Å². The SMILES string of the molecule is CCOc1cc2c(-c3ccnc(N4CCOCC4)c3)nn(C)c2cn1. The van der Waals surface area contributed by atoms with Crippen molar-refractivity contribution in [3.8, 4) is 17.1 Å². The molecule has 0 aliphatic carbocycles. The number of anilines is 1. The minimum absolute atomic E-state index is 0.588. The number of pyridine rings is 2. The van der Waals surface area contributed by atoms with E-state index in [1.54, 1.807) is 6.20 Å². The lowest BCUT2D eigenvalue weighted by molar-refractivity contribution is 0.122. The van der Waals surface area contributed by atoms with Gasteiger partial charge in [0.15, 0.2) is 0 Å². The van der Waals surface area contributed by atoms with E-state index in [1.807, 2.05) is 37.0 Å². The highest BCUT2D eigenvalue weighted by Gasteiger charge is 2.16. The molecule has 0 amide bonds. The molecule has 1 aliphatic rings. The van der Waals surface area contributed by atoms with Gasteiger partial charge in [0.1, 0.15) is 11.5 Å². The van der Waals surface area contributed by atoms with Crippen LogP contribution in [-0.4, -0.2) is 52.7 Å². The van der Waals surface area contributed by atoms with Gasteiger partial charge in [0.2, 0.25) is 5.88 Å². The van der Waals surface area contributed by atoms with E-state index in [4.69, 9.17) is 14.6 Å². The lowest BCUT2D eigenvalue weighted by Crippen LogP contribution is -2.36. The molecule has 0 bridgehead atoms. The summed E-state index contributed by atoms with van der Waals surface area (Å²) in [6.07, 6.45) is 3.65. The van der Waals surface area contributed by atoms with Gasteiger partial charge in [0, 0.05) is 43.4 Å².